The average Bonchev–Trinajstić information content (AvgIpc) is 2.82. The Labute approximate surface area is 122 Å². The molecule has 3 N–H and O–H groups in total. The molecule has 0 saturated heterocycles. The lowest BCUT2D eigenvalue weighted by Gasteiger charge is -2.40. The Morgan fingerprint density at radius 2 is 1.81 bits per heavy atom. The lowest BCUT2D eigenvalue weighted by atomic mass is 9.87. The number of aromatic amines is 1. The Morgan fingerprint density at radius 1 is 1.05 bits per heavy atom. The number of nitrogens with one attached hydrogen (secondary N) is 1. The molecule has 2 aromatic carbocycles. The molecule has 2 atom stereocenters. The third-order valence-corrected chi connectivity index (χ3v) is 4.36. The molecule has 0 radical (unpaired) electrons. The van der Waals surface area contributed by atoms with E-state index in [1.165, 1.54) is 0 Å². The minimum absolute atomic E-state index is 0.622. The Bertz CT molecular complexity index is 850. The second-order valence-corrected chi connectivity index (χ2v) is 6.17. The van der Waals surface area contributed by atoms with E-state index < -0.39 is 17.8 Å². The van der Waals surface area contributed by atoms with Gasteiger partial charge in [0, 0.05) is 21.9 Å². The number of para-hydroxylation sites is 1. The highest BCUT2D eigenvalue weighted by atomic mass is 16.5. The van der Waals surface area contributed by atoms with Crippen molar-refractivity contribution >= 4 is 21.8 Å². The molecule has 1 aromatic heterocycles. The monoisotopic (exact) mass is 283 g/mol. The van der Waals surface area contributed by atoms with Gasteiger partial charge in [-0.25, -0.2) is 0 Å². The van der Waals surface area contributed by atoms with Crippen LogP contribution in [0, 0.1) is 0 Å². The van der Waals surface area contributed by atoms with Gasteiger partial charge in [0.25, 0.3) is 0 Å². The molecule has 0 bridgehead atoms. The van der Waals surface area contributed by atoms with Crippen LogP contribution in [0.3, 0.4) is 0 Å². The molecule has 0 aliphatic carbocycles. The van der Waals surface area contributed by atoms with E-state index in [1.54, 1.807) is 13.8 Å². The second-order valence-electron chi connectivity index (χ2n) is 6.17. The van der Waals surface area contributed by atoms with Gasteiger partial charge in [0.05, 0.1) is 5.52 Å². The summed E-state index contributed by atoms with van der Waals surface area (Å²) in [4.78, 5) is 3.33. The van der Waals surface area contributed by atoms with Crippen LogP contribution in [-0.2, 0) is 0 Å². The van der Waals surface area contributed by atoms with E-state index >= 15 is 0 Å². The molecule has 4 nitrogen and oxygen atoms in total. The second kappa shape index (κ2) is 4.00. The first-order chi connectivity index (χ1) is 9.99. The van der Waals surface area contributed by atoms with E-state index in [1.807, 2.05) is 36.4 Å². The number of aromatic nitrogens is 1. The fourth-order valence-electron chi connectivity index (χ4n) is 3.19. The SMILES string of the molecule is CC1(C)Oc2ccc3c([nH]c4ccccc43)c2[C@@H](O)[C@H]1O. The molecule has 0 spiro atoms. The van der Waals surface area contributed by atoms with E-state index in [0.29, 0.717) is 11.3 Å². The Kier molecular flexibility index (Phi) is 2.41. The van der Waals surface area contributed by atoms with Crippen molar-refractivity contribution in [1.29, 1.82) is 0 Å². The van der Waals surface area contributed by atoms with Crippen LogP contribution in [0.15, 0.2) is 36.4 Å². The minimum Gasteiger partial charge on any atom is -0.485 e. The number of aliphatic hydroxyl groups excluding tert-OH is 2. The summed E-state index contributed by atoms with van der Waals surface area (Å²) in [7, 11) is 0. The fourth-order valence-corrected chi connectivity index (χ4v) is 3.19. The highest BCUT2D eigenvalue weighted by Gasteiger charge is 2.43. The molecule has 3 aromatic rings. The van der Waals surface area contributed by atoms with E-state index in [4.69, 9.17) is 4.74 Å². The van der Waals surface area contributed by atoms with E-state index in [2.05, 4.69) is 4.98 Å². The highest BCUT2D eigenvalue weighted by molar-refractivity contribution is 6.08. The van der Waals surface area contributed by atoms with Crippen molar-refractivity contribution in [3.63, 3.8) is 0 Å². The normalized spacial score (nSPS) is 24.0. The predicted octanol–water partition coefficient (Wildman–Crippen LogP) is 2.89. The van der Waals surface area contributed by atoms with Gasteiger partial charge in [-0.2, -0.15) is 0 Å². The molecule has 4 rings (SSSR count). The van der Waals surface area contributed by atoms with Crippen molar-refractivity contribution in [3.05, 3.63) is 42.0 Å². The summed E-state index contributed by atoms with van der Waals surface area (Å²) >= 11 is 0. The summed E-state index contributed by atoms with van der Waals surface area (Å²) < 4.78 is 5.88. The van der Waals surface area contributed by atoms with Crippen molar-refractivity contribution in [3.8, 4) is 5.75 Å². The smallest absolute Gasteiger partial charge is 0.132 e. The number of rotatable bonds is 0. The standard InChI is InChI=1S/C17H17NO3/c1-17(2)16(20)15(19)13-12(21-17)8-7-10-9-5-3-4-6-11(9)18-14(10)13/h3-8,15-16,18-20H,1-2H3/t15-,16-/m1/s1. The maximum absolute atomic E-state index is 10.5. The van der Waals surface area contributed by atoms with Crippen LogP contribution in [0.25, 0.3) is 21.8 Å². The Balaban J connectivity index is 2.07. The van der Waals surface area contributed by atoms with Gasteiger partial charge < -0.3 is 19.9 Å². The summed E-state index contributed by atoms with van der Waals surface area (Å²) in [6.07, 6.45) is -1.94. The number of benzene rings is 2. The maximum atomic E-state index is 10.5. The molecule has 108 valence electrons. The van der Waals surface area contributed by atoms with Gasteiger partial charge in [0.15, 0.2) is 0 Å². The van der Waals surface area contributed by atoms with Crippen molar-refractivity contribution in [2.75, 3.05) is 0 Å². The molecule has 0 unspecified atom stereocenters. The van der Waals surface area contributed by atoms with Gasteiger partial charge in [-0.15, -0.1) is 0 Å². The third-order valence-electron chi connectivity index (χ3n) is 4.36. The lowest BCUT2D eigenvalue weighted by molar-refractivity contribution is -0.111. The van der Waals surface area contributed by atoms with Crippen LogP contribution >= 0.6 is 0 Å². The number of hydrogen-bond acceptors (Lipinski definition) is 3. The van der Waals surface area contributed by atoms with Gasteiger partial charge in [-0.3, -0.25) is 0 Å². The summed E-state index contributed by atoms with van der Waals surface area (Å²) in [5.41, 5.74) is 1.66. The van der Waals surface area contributed by atoms with Crippen LogP contribution in [0.1, 0.15) is 25.5 Å². The molecule has 4 heteroatoms. The number of aliphatic hydroxyl groups is 2. The van der Waals surface area contributed by atoms with Gasteiger partial charge in [0.2, 0.25) is 0 Å². The highest BCUT2D eigenvalue weighted by Crippen LogP contribution is 2.44. The third kappa shape index (κ3) is 1.63. The predicted molar refractivity (Wildman–Crippen MR) is 81.5 cm³/mol. The van der Waals surface area contributed by atoms with Crippen molar-refractivity contribution < 1.29 is 14.9 Å². The Hall–Kier alpha value is -2.04. The van der Waals surface area contributed by atoms with Crippen molar-refractivity contribution in [1.82, 2.24) is 4.98 Å². The molecule has 0 amide bonds. The van der Waals surface area contributed by atoms with Gasteiger partial charge in [-0.05, 0) is 32.0 Å². The average molecular weight is 283 g/mol. The van der Waals surface area contributed by atoms with Crippen molar-refractivity contribution in [2.24, 2.45) is 0 Å². The van der Waals surface area contributed by atoms with Gasteiger partial charge in [-0.1, -0.05) is 18.2 Å². The summed E-state index contributed by atoms with van der Waals surface area (Å²) in [6, 6.07) is 11.9. The summed E-state index contributed by atoms with van der Waals surface area (Å²) in [5, 5.41) is 23.0. The largest absolute Gasteiger partial charge is 0.485 e. The molecule has 1 aliphatic heterocycles. The molecule has 1 aliphatic rings. The zero-order valence-electron chi connectivity index (χ0n) is 11.9. The topological polar surface area (TPSA) is 65.5 Å². The maximum Gasteiger partial charge on any atom is 0.132 e. The first-order valence-corrected chi connectivity index (χ1v) is 7.07. The molecule has 21 heavy (non-hydrogen) atoms. The Morgan fingerprint density at radius 3 is 2.62 bits per heavy atom. The lowest BCUT2D eigenvalue weighted by Crippen LogP contribution is -2.48. The quantitative estimate of drug-likeness (QED) is 0.594. The molecular weight excluding hydrogens is 266 g/mol. The van der Waals surface area contributed by atoms with E-state index in [-0.39, 0.29) is 0 Å². The van der Waals surface area contributed by atoms with Crippen molar-refractivity contribution in [2.45, 2.75) is 31.7 Å². The first kappa shape index (κ1) is 12.7. The molecule has 2 heterocycles. The molecule has 0 saturated carbocycles. The summed E-state index contributed by atoms with van der Waals surface area (Å²) in [5.74, 6) is 0.622. The van der Waals surface area contributed by atoms with E-state index in [0.717, 1.165) is 21.8 Å². The molecular formula is C17H17NO3. The number of H-pyrrole nitrogens is 1. The van der Waals surface area contributed by atoms with E-state index in [9.17, 15) is 10.2 Å². The number of ether oxygens (including phenoxy) is 1. The van der Waals surface area contributed by atoms with Gasteiger partial charge in [0.1, 0.15) is 23.6 Å². The zero-order valence-corrected chi connectivity index (χ0v) is 11.9. The van der Waals surface area contributed by atoms with Crippen LogP contribution < -0.4 is 4.74 Å². The summed E-state index contributed by atoms with van der Waals surface area (Å²) in [6.45, 7) is 3.55. The minimum atomic E-state index is -0.972. The van der Waals surface area contributed by atoms with Crippen LogP contribution in [0.2, 0.25) is 0 Å². The first-order valence-electron chi connectivity index (χ1n) is 7.07. The zero-order chi connectivity index (χ0) is 14.8. The number of hydrogen-bond donors (Lipinski definition) is 3. The number of fused-ring (bicyclic) bond motifs is 5. The molecule has 0 fully saturated rings. The van der Waals surface area contributed by atoms with Crippen LogP contribution in [0.5, 0.6) is 5.75 Å². The van der Waals surface area contributed by atoms with Crippen LogP contribution in [-0.4, -0.2) is 26.9 Å². The van der Waals surface area contributed by atoms with Crippen LogP contribution in [0.4, 0.5) is 0 Å². The fraction of sp³-hybridized carbons (Fsp3) is 0.294. The van der Waals surface area contributed by atoms with Gasteiger partial charge >= 0.3 is 0 Å².